The van der Waals surface area contributed by atoms with Gasteiger partial charge in [-0.05, 0) is 42.9 Å². The summed E-state index contributed by atoms with van der Waals surface area (Å²) in [7, 11) is 3.95. The largest absolute Gasteiger partial charge is 0.368 e. The highest BCUT2D eigenvalue weighted by atomic mass is 79.9. The van der Waals surface area contributed by atoms with E-state index in [-0.39, 0.29) is 11.6 Å². The summed E-state index contributed by atoms with van der Waals surface area (Å²) in [5.41, 5.74) is 6.77. The lowest BCUT2D eigenvalue weighted by atomic mass is 10.1. The average molecular weight is 344 g/mol. The Morgan fingerprint density at radius 3 is 2.95 bits per heavy atom. The van der Waals surface area contributed by atoms with Crippen molar-refractivity contribution in [2.75, 3.05) is 38.6 Å². The van der Waals surface area contributed by atoms with E-state index in [0.717, 1.165) is 38.2 Å². The van der Waals surface area contributed by atoms with Crippen molar-refractivity contribution in [3.8, 4) is 0 Å². The summed E-state index contributed by atoms with van der Waals surface area (Å²) in [6.07, 6.45) is 3.86. The van der Waals surface area contributed by atoms with E-state index in [1.54, 1.807) is 6.20 Å². The van der Waals surface area contributed by atoms with Crippen LogP contribution in [0.2, 0.25) is 0 Å². The van der Waals surface area contributed by atoms with Crippen LogP contribution in [0, 0.1) is 0 Å². The number of rotatable bonds is 4. The molecule has 1 fully saturated rings. The van der Waals surface area contributed by atoms with Gasteiger partial charge in [-0.1, -0.05) is 0 Å². The Hall–Kier alpha value is -0.920. The molecule has 1 aliphatic heterocycles. The van der Waals surface area contributed by atoms with E-state index in [0.29, 0.717) is 11.0 Å². The van der Waals surface area contributed by atoms with Gasteiger partial charge in [0.1, 0.15) is 4.47 Å². The molecule has 7 heteroatoms. The van der Waals surface area contributed by atoms with Crippen molar-refractivity contribution >= 4 is 21.6 Å². The monoisotopic (exact) mass is 343 g/mol. The Kier molecular flexibility index (Phi) is 5.17. The minimum atomic E-state index is -0.0801. The van der Waals surface area contributed by atoms with Gasteiger partial charge in [-0.25, -0.2) is 4.68 Å². The zero-order chi connectivity index (χ0) is 14.7. The average Bonchev–Trinajstić information content (AvgIpc) is 2.40. The number of halogens is 1. The highest BCUT2D eigenvalue weighted by molar-refractivity contribution is 9.10. The van der Waals surface area contributed by atoms with Gasteiger partial charge < -0.3 is 15.5 Å². The van der Waals surface area contributed by atoms with Crippen molar-refractivity contribution in [1.82, 2.24) is 14.7 Å². The normalized spacial score (nSPS) is 19.6. The molecule has 1 saturated heterocycles. The number of likely N-dealkylation sites (N-methyl/N-ethyl adjacent to an activating group) is 1. The third kappa shape index (κ3) is 3.59. The van der Waals surface area contributed by atoms with E-state index in [4.69, 9.17) is 5.73 Å². The topological polar surface area (TPSA) is 67.4 Å². The second kappa shape index (κ2) is 6.69. The molecule has 0 radical (unpaired) electrons. The van der Waals surface area contributed by atoms with E-state index in [1.165, 1.54) is 4.68 Å². The van der Waals surface area contributed by atoms with Crippen LogP contribution in [0.15, 0.2) is 15.5 Å². The molecule has 0 amide bonds. The standard InChI is InChI=1S/C13H22BrN5O/c1-17(2)6-7-19-13(20)12(14)11(8-16-19)18-5-3-4-10(15)9-18/h8,10H,3-7,9,15H2,1-2H3. The van der Waals surface area contributed by atoms with Gasteiger partial charge in [0.05, 0.1) is 18.4 Å². The molecular formula is C13H22BrN5O. The number of hydrogen-bond donors (Lipinski definition) is 1. The first-order valence-electron chi connectivity index (χ1n) is 6.90. The molecule has 0 bridgehead atoms. The third-order valence-corrected chi connectivity index (χ3v) is 4.27. The Bertz CT molecular complexity index is 516. The minimum absolute atomic E-state index is 0.0801. The van der Waals surface area contributed by atoms with Crippen molar-refractivity contribution in [2.45, 2.75) is 25.4 Å². The van der Waals surface area contributed by atoms with Gasteiger partial charge in [0, 0.05) is 25.7 Å². The summed E-state index contributed by atoms with van der Waals surface area (Å²) < 4.78 is 2.08. The van der Waals surface area contributed by atoms with Gasteiger partial charge in [0.25, 0.3) is 5.56 Å². The molecule has 2 rings (SSSR count). The van der Waals surface area contributed by atoms with Crippen LogP contribution in [0.4, 0.5) is 5.69 Å². The summed E-state index contributed by atoms with van der Waals surface area (Å²) >= 11 is 3.42. The number of piperidine rings is 1. The van der Waals surface area contributed by atoms with Crippen LogP contribution in [-0.4, -0.2) is 54.5 Å². The highest BCUT2D eigenvalue weighted by Crippen LogP contribution is 2.24. The summed E-state index contributed by atoms with van der Waals surface area (Å²) in [4.78, 5) is 16.5. The second-order valence-electron chi connectivity index (χ2n) is 5.52. The maximum atomic E-state index is 12.3. The van der Waals surface area contributed by atoms with Gasteiger partial charge in [-0.15, -0.1) is 0 Å². The molecule has 112 valence electrons. The molecule has 1 atom stereocenters. The Labute approximate surface area is 127 Å². The number of nitrogens with zero attached hydrogens (tertiary/aromatic N) is 4. The van der Waals surface area contributed by atoms with Crippen LogP contribution < -0.4 is 16.2 Å². The van der Waals surface area contributed by atoms with Crippen LogP contribution in [0.1, 0.15) is 12.8 Å². The van der Waals surface area contributed by atoms with Crippen molar-refractivity contribution in [3.05, 3.63) is 21.0 Å². The predicted octanol–water partition coefficient (Wildman–Crippen LogP) is 0.495. The van der Waals surface area contributed by atoms with Gasteiger partial charge in [0.15, 0.2) is 0 Å². The Morgan fingerprint density at radius 1 is 1.55 bits per heavy atom. The van der Waals surface area contributed by atoms with Crippen LogP contribution in [0.25, 0.3) is 0 Å². The molecule has 2 N–H and O–H groups in total. The smallest absolute Gasteiger partial charge is 0.283 e. The first kappa shape index (κ1) is 15.5. The molecule has 0 spiro atoms. The minimum Gasteiger partial charge on any atom is -0.368 e. The third-order valence-electron chi connectivity index (χ3n) is 3.52. The van der Waals surface area contributed by atoms with E-state index < -0.39 is 0 Å². The molecular weight excluding hydrogens is 322 g/mol. The lowest BCUT2D eigenvalue weighted by Crippen LogP contribution is -2.43. The molecule has 1 aromatic heterocycles. The maximum Gasteiger partial charge on any atom is 0.283 e. The van der Waals surface area contributed by atoms with Crippen LogP contribution in [-0.2, 0) is 6.54 Å². The first-order valence-corrected chi connectivity index (χ1v) is 7.69. The zero-order valence-electron chi connectivity index (χ0n) is 12.0. The number of nitrogens with two attached hydrogens (primary N) is 1. The Balaban J connectivity index is 2.20. The van der Waals surface area contributed by atoms with E-state index in [1.807, 2.05) is 19.0 Å². The molecule has 20 heavy (non-hydrogen) atoms. The lowest BCUT2D eigenvalue weighted by Gasteiger charge is -2.32. The molecule has 0 aromatic carbocycles. The second-order valence-corrected chi connectivity index (χ2v) is 6.32. The molecule has 1 aliphatic rings. The first-order chi connectivity index (χ1) is 9.49. The van der Waals surface area contributed by atoms with Gasteiger partial charge in [-0.3, -0.25) is 4.79 Å². The molecule has 6 nitrogen and oxygen atoms in total. The number of hydrogen-bond acceptors (Lipinski definition) is 5. The van der Waals surface area contributed by atoms with Gasteiger partial charge in [0.2, 0.25) is 0 Å². The van der Waals surface area contributed by atoms with Crippen molar-refractivity contribution in [1.29, 1.82) is 0 Å². The summed E-state index contributed by atoms with van der Waals surface area (Å²) in [6, 6.07) is 0.173. The van der Waals surface area contributed by atoms with Crippen LogP contribution >= 0.6 is 15.9 Å². The number of aromatic nitrogens is 2. The maximum absolute atomic E-state index is 12.3. The summed E-state index contributed by atoms with van der Waals surface area (Å²) in [6.45, 7) is 3.08. The predicted molar refractivity (Wildman–Crippen MR) is 84.2 cm³/mol. The fraction of sp³-hybridized carbons (Fsp3) is 0.692. The summed E-state index contributed by atoms with van der Waals surface area (Å²) in [5, 5.41) is 4.28. The van der Waals surface area contributed by atoms with Crippen LogP contribution in [0.3, 0.4) is 0 Å². The zero-order valence-corrected chi connectivity index (χ0v) is 13.6. The highest BCUT2D eigenvalue weighted by Gasteiger charge is 2.21. The fourth-order valence-corrected chi connectivity index (χ4v) is 2.92. The van der Waals surface area contributed by atoms with Crippen molar-refractivity contribution < 1.29 is 0 Å². The number of anilines is 1. The van der Waals surface area contributed by atoms with Gasteiger partial charge in [-0.2, -0.15) is 5.10 Å². The van der Waals surface area contributed by atoms with E-state index in [2.05, 4.69) is 25.9 Å². The molecule has 2 heterocycles. The van der Waals surface area contributed by atoms with E-state index in [9.17, 15) is 4.79 Å². The quantitative estimate of drug-likeness (QED) is 0.861. The van der Waals surface area contributed by atoms with E-state index >= 15 is 0 Å². The summed E-state index contributed by atoms with van der Waals surface area (Å²) in [5.74, 6) is 0. The SMILES string of the molecule is CN(C)CCn1ncc(N2CCCC(N)C2)c(Br)c1=O. The van der Waals surface area contributed by atoms with Crippen LogP contribution in [0.5, 0.6) is 0 Å². The molecule has 0 aliphatic carbocycles. The molecule has 1 aromatic rings. The lowest BCUT2D eigenvalue weighted by molar-refractivity contribution is 0.367. The van der Waals surface area contributed by atoms with Crippen molar-refractivity contribution in [2.24, 2.45) is 5.73 Å². The molecule has 1 unspecified atom stereocenters. The molecule has 0 saturated carbocycles. The van der Waals surface area contributed by atoms with Crippen molar-refractivity contribution in [3.63, 3.8) is 0 Å². The fourth-order valence-electron chi connectivity index (χ4n) is 2.36. The Morgan fingerprint density at radius 2 is 2.30 bits per heavy atom. The van der Waals surface area contributed by atoms with Gasteiger partial charge >= 0.3 is 0 Å².